The molecule has 2 aromatic heterocycles. The molecule has 168 valence electrons. The molecule has 1 saturated heterocycles. The van der Waals surface area contributed by atoms with Crippen LogP contribution in [0.5, 0.6) is 0 Å². The van der Waals surface area contributed by atoms with Gasteiger partial charge in [-0.3, -0.25) is 4.98 Å². The van der Waals surface area contributed by atoms with E-state index in [1.807, 2.05) is 26.8 Å². The number of nitrogens with one attached hydrogen (secondary N) is 1. The molecule has 1 aromatic carbocycles. The average Bonchev–Trinajstić information content (AvgIpc) is 3.23. The highest BCUT2D eigenvalue weighted by Crippen LogP contribution is 2.34. The van der Waals surface area contributed by atoms with Crippen molar-refractivity contribution in [2.75, 3.05) is 18.4 Å². The van der Waals surface area contributed by atoms with Crippen LogP contribution in [0.3, 0.4) is 0 Å². The fraction of sp³-hybridized carbons (Fsp3) is 0.364. The Morgan fingerprint density at radius 3 is 2.78 bits per heavy atom. The van der Waals surface area contributed by atoms with Gasteiger partial charge in [0.05, 0.1) is 27.4 Å². The first kappa shape index (κ1) is 22.5. The lowest BCUT2D eigenvalue weighted by Crippen LogP contribution is -2.35. The predicted octanol–water partition coefficient (Wildman–Crippen LogP) is 5.94. The van der Waals surface area contributed by atoms with Gasteiger partial charge in [-0.25, -0.2) is 19.2 Å². The molecule has 0 aliphatic carbocycles. The summed E-state index contributed by atoms with van der Waals surface area (Å²) in [4.78, 5) is 27.1. The van der Waals surface area contributed by atoms with Crippen LogP contribution in [-0.4, -0.2) is 44.6 Å². The van der Waals surface area contributed by atoms with Gasteiger partial charge in [-0.05, 0) is 45.4 Å². The molecule has 3 heterocycles. The lowest BCUT2D eigenvalue weighted by molar-refractivity contribution is 0.0292. The number of hydrogen-bond donors (Lipinski definition) is 1. The summed E-state index contributed by atoms with van der Waals surface area (Å²) in [5.74, 6) is -0.205. The van der Waals surface area contributed by atoms with Crippen LogP contribution in [-0.2, 0) is 4.74 Å². The third kappa shape index (κ3) is 4.71. The van der Waals surface area contributed by atoms with E-state index < -0.39 is 11.4 Å². The van der Waals surface area contributed by atoms with Gasteiger partial charge in [0.15, 0.2) is 5.82 Å². The third-order valence-electron chi connectivity index (χ3n) is 5.09. The summed E-state index contributed by atoms with van der Waals surface area (Å²) in [5, 5.41) is 3.62. The Morgan fingerprint density at radius 1 is 1.25 bits per heavy atom. The largest absolute Gasteiger partial charge is 0.444 e. The van der Waals surface area contributed by atoms with Crippen LogP contribution in [0.25, 0.3) is 10.9 Å². The first-order valence-corrected chi connectivity index (χ1v) is 10.9. The number of carbonyl (C=O) groups is 1. The van der Waals surface area contributed by atoms with Gasteiger partial charge in [0.1, 0.15) is 17.7 Å². The molecule has 1 unspecified atom stereocenters. The molecule has 1 fully saturated rings. The van der Waals surface area contributed by atoms with Gasteiger partial charge in [0.2, 0.25) is 0 Å². The highest BCUT2D eigenvalue weighted by Gasteiger charge is 2.31. The van der Waals surface area contributed by atoms with E-state index in [0.29, 0.717) is 29.8 Å². The van der Waals surface area contributed by atoms with Gasteiger partial charge in [0.25, 0.3) is 0 Å². The quantitative estimate of drug-likeness (QED) is 0.470. The van der Waals surface area contributed by atoms with Crippen molar-refractivity contribution in [2.24, 2.45) is 0 Å². The minimum Gasteiger partial charge on any atom is -0.444 e. The molecule has 1 aliphatic heterocycles. The van der Waals surface area contributed by atoms with Crippen LogP contribution in [0, 0.1) is 5.82 Å². The summed E-state index contributed by atoms with van der Waals surface area (Å²) in [6.45, 7) is 6.62. The smallest absolute Gasteiger partial charge is 0.410 e. The number of likely N-dealkylation sites (tertiary alicyclic amines) is 1. The Balaban J connectivity index is 1.60. The number of nitrogens with zero attached hydrogens (tertiary/aromatic N) is 4. The van der Waals surface area contributed by atoms with Crippen LogP contribution in [0.15, 0.2) is 30.7 Å². The topological polar surface area (TPSA) is 80.2 Å². The summed E-state index contributed by atoms with van der Waals surface area (Å²) in [7, 11) is 0. The number of rotatable bonds is 3. The van der Waals surface area contributed by atoms with Crippen molar-refractivity contribution in [1.82, 2.24) is 19.9 Å². The van der Waals surface area contributed by atoms with Crippen LogP contribution < -0.4 is 5.32 Å². The molecular weight excluding hydrogens is 456 g/mol. The number of carbonyl (C=O) groups excluding carboxylic acids is 1. The summed E-state index contributed by atoms with van der Waals surface area (Å²) < 4.78 is 20.0. The zero-order valence-corrected chi connectivity index (χ0v) is 19.3. The normalized spacial score (nSPS) is 16.4. The molecule has 1 N–H and O–H groups in total. The minimum atomic E-state index is -0.663. The lowest BCUT2D eigenvalue weighted by atomic mass is 10.0. The average molecular weight is 478 g/mol. The van der Waals surface area contributed by atoms with Gasteiger partial charge < -0.3 is 15.0 Å². The summed E-state index contributed by atoms with van der Waals surface area (Å²) in [6, 6.07) is 4.88. The molecule has 7 nitrogen and oxygen atoms in total. The highest BCUT2D eigenvalue weighted by molar-refractivity contribution is 6.42. The molecule has 1 aliphatic rings. The molecule has 4 rings (SSSR count). The second-order valence-electron chi connectivity index (χ2n) is 8.61. The number of hydrogen-bond acceptors (Lipinski definition) is 6. The maximum atomic E-state index is 14.5. The number of pyridine rings is 1. The van der Waals surface area contributed by atoms with Gasteiger partial charge in [-0.2, -0.15) is 0 Å². The molecule has 3 aromatic rings. The number of fused-ring (bicyclic) bond motifs is 1. The Morgan fingerprint density at radius 2 is 2.03 bits per heavy atom. The fourth-order valence-corrected chi connectivity index (χ4v) is 3.85. The minimum absolute atomic E-state index is 0.0432. The number of amides is 1. The number of aromatic nitrogens is 3. The van der Waals surface area contributed by atoms with Crippen molar-refractivity contribution in [3.63, 3.8) is 0 Å². The predicted molar refractivity (Wildman–Crippen MR) is 122 cm³/mol. The van der Waals surface area contributed by atoms with E-state index >= 15 is 0 Å². The van der Waals surface area contributed by atoms with Crippen molar-refractivity contribution in [3.05, 3.63) is 52.3 Å². The van der Waals surface area contributed by atoms with E-state index in [2.05, 4.69) is 20.3 Å². The first-order chi connectivity index (χ1) is 15.1. The van der Waals surface area contributed by atoms with Crippen molar-refractivity contribution in [2.45, 2.75) is 38.7 Å². The Hall–Kier alpha value is -2.71. The first-order valence-electron chi connectivity index (χ1n) is 10.1. The van der Waals surface area contributed by atoms with E-state index in [4.69, 9.17) is 27.9 Å². The molecule has 0 bridgehead atoms. The van der Waals surface area contributed by atoms with E-state index in [1.165, 1.54) is 18.5 Å². The highest BCUT2D eigenvalue weighted by atomic mass is 35.5. The van der Waals surface area contributed by atoms with Crippen LogP contribution in [0.1, 0.15) is 38.8 Å². The zero-order valence-electron chi connectivity index (χ0n) is 17.8. The van der Waals surface area contributed by atoms with Crippen molar-refractivity contribution in [1.29, 1.82) is 0 Å². The SMILES string of the molecule is CC(C)(C)OC(=O)N1CCC(c2cc3c(Nc4ccc(Cl)c(Cl)c4F)ncnc3cn2)C1. The molecule has 1 amide bonds. The molecule has 0 saturated carbocycles. The zero-order chi connectivity index (χ0) is 23.0. The summed E-state index contributed by atoms with van der Waals surface area (Å²) in [6.07, 6.45) is 3.46. The number of benzene rings is 1. The Kier molecular flexibility index (Phi) is 6.09. The molecular formula is C22H22Cl2FN5O2. The number of anilines is 2. The summed E-state index contributed by atoms with van der Waals surface area (Å²) >= 11 is 11.8. The Labute approximate surface area is 194 Å². The molecule has 32 heavy (non-hydrogen) atoms. The monoisotopic (exact) mass is 477 g/mol. The van der Waals surface area contributed by atoms with Crippen LogP contribution in [0.4, 0.5) is 20.7 Å². The van der Waals surface area contributed by atoms with Gasteiger partial charge >= 0.3 is 6.09 Å². The maximum Gasteiger partial charge on any atom is 0.410 e. The Bertz CT molecular complexity index is 1180. The van der Waals surface area contributed by atoms with E-state index in [0.717, 1.165) is 12.1 Å². The van der Waals surface area contributed by atoms with Crippen molar-refractivity contribution >= 4 is 51.7 Å². The van der Waals surface area contributed by atoms with Crippen LogP contribution >= 0.6 is 23.2 Å². The lowest BCUT2D eigenvalue weighted by Gasteiger charge is -2.24. The second kappa shape index (κ2) is 8.67. The molecule has 1 atom stereocenters. The van der Waals surface area contributed by atoms with Crippen molar-refractivity contribution in [3.8, 4) is 0 Å². The van der Waals surface area contributed by atoms with Crippen LogP contribution in [0.2, 0.25) is 10.0 Å². The van der Waals surface area contributed by atoms with Gasteiger partial charge in [0, 0.05) is 30.1 Å². The fourth-order valence-electron chi connectivity index (χ4n) is 3.54. The standard InChI is InChI=1S/C22H22Cl2FN5O2/c1-22(2,3)32-21(31)30-7-6-12(10-30)16-8-13-17(9-26-16)27-11-28-20(13)29-15-5-4-14(23)18(24)19(15)25/h4-5,8-9,11-12H,6-7,10H2,1-3H3,(H,27,28,29). The van der Waals surface area contributed by atoms with E-state index in [9.17, 15) is 9.18 Å². The summed E-state index contributed by atoms with van der Waals surface area (Å²) in [5.41, 5.74) is 1.01. The maximum absolute atomic E-state index is 14.5. The second-order valence-corrected chi connectivity index (χ2v) is 9.39. The molecule has 10 heteroatoms. The van der Waals surface area contributed by atoms with Gasteiger partial charge in [-0.15, -0.1) is 0 Å². The third-order valence-corrected chi connectivity index (χ3v) is 5.87. The van der Waals surface area contributed by atoms with Crippen molar-refractivity contribution < 1.29 is 13.9 Å². The van der Waals surface area contributed by atoms with E-state index in [-0.39, 0.29) is 27.7 Å². The molecule has 0 spiro atoms. The van der Waals surface area contributed by atoms with Gasteiger partial charge in [-0.1, -0.05) is 23.2 Å². The number of ether oxygens (including phenoxy) is 1. The number of halogens is 3. The molecule has 0 radical (unpaired) electrons. The van der Waals surface area contributed by atoms with E-state index in [1.54, 1.807) is 11.1 Å².